The van der Waals surface area contributed by atoms with Crippen LogP contribution in [-0.4, -0.2) is 28.8 Å². The van der Waals surface area contributed by atoms with Gasteiger partial charge in [0.1, 0.15) is 5.75 Å². The number of hydrogen-bond donors (Lipinski definition) is 0. The number of benzene rings is 1. The minimum atomic E-state index is -0.825. The van der Waals surface area contributed by atoms with Crippen LogP contribution in [0.2, 0.25) is 0 Å². The third kappa shape index (κ3) is 2.44. The number of carbonyl (C=O) groups is 4. The van der Waals surface area contributed by atoms with Gasteiger partial charge in [0.2, 0.25) is 0 Å². The first-order valence-electron chi connectivity index (χ1n) is 8.22. The Hall–Kier alpha value is -3.22. The highest BCUT2D eigenvalue weighted by molar-refractivity contribution is 6.06. The molecule has 1 aromatic carbocycles. The predicted molar refractivity (Wildman–Crippen MR) is 87.3 cm³/mol. The molecule has 2 bridgehead atoms. The summed E-state index contributed by atoms with van der Waals surface area (Å²) >= 11 is 0. The van der Waals surface area contributed by atoms with Crippen LogP contribution < -0.4 is 4.74 Å². The fraction of sp³-hybridized carbons (Fsp3) is 0.263. The maximum Gasteiger partial charge on any atom is 0.363 e. The molecule has 3 aliphatic rings. The molecule has 4 atom stereocenters. The molecule has 0 aromatic heterocycles. The molecular formula is C19H15NO6. The third-order valence-electron chi connectivity index (χ3n) is 5.08. The van der Waals surface area contributed by atoms with E-state index in [4.69, 9.17) is 9.57 Å². The lowest BCUT2D eigenvalue weighted by molar-refractivity contribution is -0.175. The Balaban J connectivity index is 1.45. The van der Waals surface area contributed by atoms with Crippen molar-refractivity contribution in [2.45, 2.75) is 6.42 Å². The molecule has 4 unspecified atom stereocenters. The van der Waals surface area contributed by atoms with Gasteiger partial charge in [0.15, 0.2) is 0 Å². The molecule has 7 heteroatoms. The number of amides is 2. The van der Waals surface area contributed by atoms with Gasteiger partial charge in [-0.2, -0.15) is 0 Å². The SMILES string of the molecule is C=CC(=O)Oc1ccc(C(=O)ON2C(=O)C3C4C=CC(C4)C3C2=O)cc1. The van der Waals surface area contributed by atoms with Crippen LogP contribution in [0, 0.1) is 23.7 Å². The summed E-state index contributed by atoms with van der Waals surface area (Å²) in [4.78, 5) is 53.5. The van der Waals surface area contributed by atoms with Crippen molar-refractivity contribution in [1.82, 2.24) is 5.06 Å². The lowest BCUT2D eigenvalue weighted by Crippen LogP contribution is -2.35. The monoisotopic (exact) mass is 353 g/mol. The molecule has 1 aromatic rings. The summed E-state index contributed by atoms with van der Waals surface area (Å²) in [7, 11) is 0. The van der Waals surface area contributed by atoms with E-state index >= 15 is 0 Å². The van der Waals surface area contributed by atoms with E-state index in [-0.39, 0.29) is 23.1 Å². The first-order chi connectivity index (χ1) is 12.5. The summed E-state index contributed by atoms with van der Waals surface area (Å²) in [6, 6.07) is 5.57. The van der Waals surface area contributed by atoms with Crippen molar-refractivity contribution >= 4 is 23.8 Å². The van der Waals surface area contributed by atoms with Crippen molar-refractivity contribution in [2.24, 2.45) is 23.7 Å². The fourth-order valence-corrected chi connectivity index (χ4v) is 3.92. The largest absolute Gasteiger partial charge is 0.423 e. The van der Waals surface area contributed by atoms with E-state index in [1.807, 2.05) is 12.2 Å². The zero-order valence-corrected chi connectivity index (χ0v) is 13.7. The quantitative estimate of drug-likeness (QED) is 0.269. The number of ether oxygens (including phenoxy) is 1. The van der Waals surface area contributed by atoms with E-state index in [1.54, 1.807) is 0 Å². The minimum Gasteiger partial charge on any atom is -0.423 e. The molecule has 0 N–H and O–H groups in total. The first-order valence-corrected chi connectivity index (χ1v) is 8.22. The van der Waals surface area contributed by atoms with Gasteiger partial charge in [-0.15, -0.1) is 5.06 Å². The summed E-state index contributed by atoms with van der Waals surface area (Å²) in [5, 5.41) is 0.607. The second kappa shape index (κ2) is 5.94. The van der Waals surface area contributed by atoms with Crippen LogP contribution in [0.5, 0.6) is 5.75 Å². The summed E-state index contributed by atoms with van der Waals surface area (Å²) in [5.74, 6) is -2.89. The van der Waals surface area contributed by atoms with E-state index in [0.29, 0.717) is 5.06 Å². The Morgan fingerprint density at radius 1 is 1.04 bits per heavy atom. The van der Waals surface area contributed by atoms with Crippen molar-refractivity contribution in [2.75, 3.05) is 0 Å². The van der Waals surface area contributed by atoms with Gasteiger partial charge < -0.3 is 9.57 Å². The molecule has 2 aliphatic carbocycles. The van der Waals surface area contributed by atoms with Gasteiger partial charge in [-0.25, -0.2) is 9.59 Å². The number of esters is 1. The first kappa shape index (κ1) is 16.3. The van der Waals surface area contributed by atoms with Gasteiger partial charge in [-0.1, -0.05) is 18.7 Å². The average Bonchev–Trinajstić information content (AvgIpc) is 3.32. The molecule has 4 rings (SSSR count). The second-order valence-corrected chi connectivity index (χ2v) is 6.50. The van der Waals surface area contributed by atoms with E-state index in [9.17, 15) is 19.2 Å². The Morgan fingerprint density at radius 3 is 2.15 bits per heavy atom. The number of allylic oxidation sites excluding steroid dienone is 2. The smallest absolute Gasteiger partial charge is 0.363 e. The fourth-order valence-electron chi connectivity index (χ4n) is 3.92. The van der Waals surface area contributed by atoms with Crippen molar-refractivity contribution in [3.05, 3.63) is 54.6 Å². The predicted octanol–water partition coefficient (Wildman–Crippen LogP) is 1.66. The van der Waals surface area contributed by atoms with Crippen LogP contribution in [0.3, 0.4) is 0 Å². The standard InChI is InChI=1S/C19H15NO6/c1-2-14(21)25-13-7-5-10(6-8-13)19(24)26-20-17(22)15-11-3-4-12(9-11)16(15)18(20)23/h2-8,11-12,15-16H,1,9H2. The van der Waals surface area contributed by atoms with Crippen LogP contribution in [0.15, 0.2) is 49.1 Å². The minimum absolute atomic E-state index is 0.0454. The number of fused-ring (bicyclic) bond motifs is 5. The van der Waals surface area contributed by atoms with Crippen LogP contribution >= 0.6 is 0 Å². The number of rotatable bonds is 4. The van der Waals surface area contributed by atoms with Crippen LogP contribution in [0.4, 0.5) is 0 Å². The molecule has 1 heterocycles. The lowest BCUT2D eigenvalue weighted by Gasteiger charge is -2.15. The summed E-state index contributed by atoms with van der Waals surface area (Å²) < 4.78 is 4.91. The maximum absolute atomic E-state index is 12.5. The summed E-state index contributed by atoms with van der Waals surface area (Å²) in [6.07, 6.45) is 5.75. The van der Waals surface area contributed by atoms with E-state index in [1.165, 1.54) is 24.3 Å². The van der Waals surface area contributed by atoms with Gasteiger partial charge in [0.25, 0.3) is 11.8 Å². The molecule has 2 fully saturated rings. The molecule has 0 spiro atoms. The van der Waals surface area contributed by atoms with Gasteiger partial charge in [0.05, 0.1) is 17.4 Å². The van der Waals surface area contributed by atoms with E-state index in [2.05, 4.69) is 6.58 Å². The Kier molecular flexibility index (Phi) is 3.72. The van der Waals surface area contributed by atoms with Crippen LogP contribution in [-0.2, 0) is 19.2 Å². The molecule has 132 valence electrons. The Morgan fingerprint density at radius 2 is 1.62 bits per heavy atom. The zero-order chi connectivity index (χ0) is 18.4. The van der Waals surface area contributed by atoms with Crippen molar-refractivity contribution in [3.63, 3.8) is 0 Å². The van der Waals surface area contributed by atoms with Crippen molar-refractivity contribution in [1.29, 1.82) is 0 Å². The van der Waals surface area contributed by atoms with E-state index in [0.717, 1.165) is 12.5 Å². The van der Waals surface area contributed by atoms with Gasteiger partial charge in [-0.05, 0) is 42.5 Å². The molecule has 0 radical (unpaired) electrons. The third-order valence-corrected chi connectivity index (χ3v) is 5.08. The van der Waals surface area contributed by atoms with Crippen LogP contribution in [0.1, 0.15) is 16.8 Å². The molecule has 1 saturated heterocycles. The van der Waals surface area contributed by atoms with Crippen molar-refractivity contribution in [3.8, 4) is 5.75 Å². The Labute approximate surface area is 148 Å². The summed E-state index contributed by atoms with van der Waals surface area (Å²) in [5.41, 5.74) is 0.127. The second-order valence-electron chi connectivity index (χ2n) is 6.50. The molecular weight excluding hydrogens is 338 g/mol. The number of nitrogens with zero attached hydrogens (tertiary/aromatic N) is 1. The average molecular weight is 353 g/mol. The number of carbonyl (C=O) groups excluding carboxylic acids is 4. The zero-order valence-electron chi connectivity index (χ0n) is 13.7. The van der Waals surface area contributed by atoms with Crippen LogP contribution in [0.25, 0.3) is 0 Å². The molecule has 2 amide bonds. The lowest BCUT2D eigenvalue weighted by atomic mass is 9.85. The molecule has 26 heavy (non-hydrogen) atoms. The highest BCUT2D eigenvalue weighted by Gasteiger charge is 2.60. The van der Waals surface area contributed by atoms with Crippen molar-refractivity contribution < 1.29 is 28.8 Å². The molecule has 1 saturated carbocycles. The van der Waals surface area contributed by atoms with Gasteiger partial charge >= 0.3 is 11.9 Å². The Bertz CT molecular complexity index is 825. The normalized spacial score (nSPS) is 28.2. The highest BCUT2D eigenvalue weighted by atomic mass is 16.7. The topological polar surface area (TPSA) is 90.0 Å². The number of hydroxylamine groups is 2. The van der Waals surface area contributed by atoms with Gasteiger partial charge in [-0.3, -0.25) is 9.59 Å². The molecule has 7 nitrogen and oxygen atoms in total. The highest BCUT2D eigenvalue weighted by Crippen LogP contribution is 2.52. The van der Waals surface area contributed by atoms with Gasteiger partial charge in [0, 0.05) is 6.08 Å². The number of imide groups is 1. The summed E-state index contributed by atoms with van der Waals surface area (Å²) in [6.45, 7) is 3.29. The maximum atomic E-state index is 12.5. The molecule has 1 aliphatic heterocycles. The van der Waals surface area contributed by atoms with E-state index < -0.39 is 35.6 Å². The number of hydrogen-bond acceptors (Lipinski definition) is 6.